The van der Waals surface area contributed by atoms with Crippen LogP contribution in [-0.2, 0) is 4.79 Å². The maximum atomic E-state index is 10.4. The van der Waals surface area contributed by atoms with E-state index in [1.54, 1.807) is 16.9 Å². The fraction of sp³-hybridized carbons (Fsp3) is 0.556. The summed E-state index contributed by atoms with van der Waals surface area (Å²) in [6.45, 7) is 3.84. The molecule has 5 heteroatoms. The summed E-state index contributed by atoms with van der Waals surface area (Å²) in [5, 5.41) is 22.1. The van der Waals surface area contributed by atoms with Crippen LogP contribution in [0.25, 0.3) is 0 Å². The lowest BCUT2D eigenvalue weighted by molar-refractivity contribution is -0.139. The molecule has 0 amide bonds. The van der Waals surface area contributed by atoms with E-state index in [2.05, 4.69) is 5.10 Å². The Morgan fingerprint density at radius 1 is 1.64 bits per heavy atom. The predicted molar refractivity (Wildman–Crippen MR) is 49.8 cm³/mol. The average Bonchev–Trinajstić information content (AvgIpc) is 2.49. The van der Waals surface area contributed by atoms with E-state index in [0.29, 0.717) is 5.69 Å². The Morgan fingerprint density at radius 3 is 2.79 bits per heavy atom. The second-order valence-electron chi connectivity index (χ2n) is 3.41. The monoisotopic (exact) mass is 198 g/mol. The number of carbonyl (C=O) groups is 1. The Hall–Kier alpha value is -1.36. The second-order valence-corrected chi connectivity index (χ2v) is 3.41. The van der Waals surface area contributed by atoms with Crippen molar-refractivity contribution in [2.45, 2.75) is 32.4 Å². The normalized spacial score (nSPS) is 13.1. The molecule has 0 aliphatic carbocycles. The van der Waals surface area contributed by atoms with Crippen LogP contribution in [0.2, 0.25) is 0 Å². The van der Waals surface area contributed by atoms with Gasteiger partial charge in [-0.3, -0.25) is 9.48 Å². The van der Waals surface area contributed by atoms with E-state index in [0.717, 1.165) is 0 Å². The lowest BCUT2D eigenvalue weighted by Gasteiger charge is -2.14. The molecule has 0 fully saturated rings. The fourth-order valence-corrected chi connectivity index (χ4v) is 1.29. The zero-order chi connectivity index (χ0) is 10.7. The number of aromatic nitrogens is 2. The molecule has 1 heterocycles. The first kappa shape index (κ1) is 10.7. The highest BCUT2D eigenvalue weighted by atomic mass is 16.4. The van der Waals surface area contributed by atoms with Crippen LogP contribution in [0.3, 0.4) is 0 Å². The van der Waals surface area contributed by atoms with E-state index in [9.17, 15) is 9.90 Å². The first-order chi connectivity index (χ1) is 6.52. The minimum Gasteiger partial charge on any atom is -0.481 e. The van der Waals surface area contributed by atoms with Crippen molar-refractivity contribution in [3.63, 3.8) is 0 Å². The molecule has 0 saturated carbocycles. The summed E-state index contributed by atoms with van der Waals surface area (Å²) < 4.78 is 1.62. The average molecular weight is 198 g/mol. The number of aliphatic carboxylic acids is 1. The third-order valence-corrected chi connectivity index (χ3v) is 1.90. The van der Waals surface area contributed by atoms with Crippen molar-refractivity contribution in [2.24, 2.45) is 0 Å². The third-order valence-electron chi connectivity index (χ3n) is 1.90. The smallest absolute Gasteiger partial charge is 0.306 e. The summed E-state index contributed by atoms with van der Waals surface area (Å²) in [5.41, 5.74) is 0.544. The zero-order valence-corrected chi connectivity index (χ0v) is 8.21. The van der Waals surface area contributed by atoms with Gasteiger partial charge in [0.1, 0.15) is 6.10 Å². The van der Waals surface area contributed by atoms with Crippen LogP contribution in [0, 0.1) is 0 Å². The van der Waals surface area contributed by atoms with Gasteiger partial charge in [-0.1, -0.05) is 0 Å². The molecule has 0 aliphatic rings. The number of rotatable bonds is 4. The summed E-state index contributed by atoms with van der Waals surface area (Å²) in [7, 11) is 0. The highest BCUT2D eigenvalue weighted by molar-refractivity contribution is 5.67. The molecule has 2 N–H and O–H groups in total. The largest absolute Gasteiger partial charge is 0.481 e. The standard InChI is InChI=1S/C9H14N2O3/c1-6(2)11-7(3-4-10-11)8(12)5-9(13)14/h3-4,6,8,12H,5H2,1-2H3,(H,13,14)/t8-/m1/s1. The Bertz CT molecular complexity index is 320. The minimum atomic E-state index is -1.02. The molecule has 0 unspecified atom stereocenters. The molecule has 5 nitrogen and oxygen atoms in total. The molecule has 0 aromatic carbocycles. The Morgan fingerprint density at radius 2 is 2.29 bits per heavy atom. The van der Waals surface area contributed by atoms with Gasteiger partial charge in [0.15, 0.2) is 0 Å². The van der Waals surface area contributed by atoms with Crippen molar-refractivity contribution in [3.8, 4) is 0 Å². The van der Waals surface area contributed by atoms with Gasteiger partial charge < -0.3 is 10.2 Å². The molecular weight excluding hydrogens is 184 g/mol. The van der Waals surface area contributed by atoms with Gasteiger partial charge in [0.05, 0.1) is 12.1 Å². The lowest BCUT2D eigenvalue weighted by atomic mass is 10.2. The van der Waals surface area contributed by atoms with Crippen molar-refractivity contribution in [1.29, 1.82) is 0 Å². The van der Waals surface area contributed by atoms with Gasteiger partial charge in [0.2, 0.25) is 0 Å². The molecule has 0 spiro atoms. The van der Waals surface area contributed by atoms with Crippen molar-refractivity contribution >= 4 is 5.97 Å². The van der Waals surface area contributed by atoms with Gasteiger partial charge in [0, 0.05) is 12.2 Å². The molecule has 78 valence electrons. The van der Waals surface area contributed by atoms with Gasteiger partial charge >= 0.3 is 5.97 Å². The summed E-state index contributed by atoms with van der Waals surface area (Å²) in [6, 6.07) is 1.75. The fourth-order valence-electron chi connectivity index (χ4n) is 1.29. The van der Waals surface area contributed by atoms with Crippen LogP contribution in [0.15, 0.2) is 12.3 Å². The van der Waals surface area contributed by atoms with Crippen LogP contribution in [0.4, 0.5) is 0 Å². The van der Waals surface area contributed by atoms with Crippen LogP contribution in [-0.4, -0.2) is 26.0 Å². The van der Waals surface area contributed by atoms with Crippen molar-refractivity contribution in [2.75, 3.05) is 0 Å². The van der Waals surface area contributed by atoms with Crippen molar-refractivity contribution in [3.05, 3.63) is 18.0 Å². The maximum absolute atomic E-state index is 10.4. The lowest BCUT2D eigenvalue weighted by Crippen LogP contribution is -2.13. The second kappa shape index (κ2) is 4.23. The van der Waals surface area contributed by atoms with Gasteiger partial charge in [-0.2, -0.15) is 5.10 Å². The maximum Gasteiger partial charge on any atom is 0.306 e. The number of carboxylic acids is 1. The number of nitrogens with zero attached hydrogens (tertiary/aromatic N) is 2. The molecule has 1 aromatic heterocycles. The van der Waals surface area contributed by atoms with Gasteiger partial charge in [-0.15, -0.1) is 0 Å². The molecule has 14 heavy (non-hydrogen) atoms. The SMILES string of the molecule is CC(C)n1nccc1[C@H](O)CC(=O)O. The van der Waals surface area contributed by atoms with E-state index in [1.165, 1.54) is 0 Å². The minimum absolute atomic E-state index is 0.114. The van der Waals surface area contributed by atoms with Crippen LogP contribution in [0.5, 0.6) is 0 Å². The molecule has 1 atom stereocenters. The van der Waals surface area contributed by atoms with Gasteiger partial charge in [-0.25, -0.2) is 0 Å². The van der Waals surface area contributed by atoms with E-state index in [4.69, 9.17) is 5.11 Å². The molecule has 0 bridgehead atoms. The van der Waals surface area contributed by atoms with E-state index in [1.807, 2.05) is 13.8 Å². The van der Waals surface area contributed by atoms with Crippen molar-refractivity contribution < 1.29 is 15.0 Å². The summed E-state index contributed by atoms with van der Waals surface area (Å²) in [5.74, 6) is -1.02. The number of carboxylic acid groups (broad SMARTS) is 1. The first-order valence-corrected chi connectivity index (χ1v) is 4.45. The Labute approximate surface area is 82.0 Å². The number of hydrogen-bond acceptors (Lipinski definition) is 3. The zero-order valence-electron chi connectivity index (χ0n) is 8.21. The summed E-state index contributed by atoms with van der Waals surface area (Å²) >= 11 is 0. The molecule has 0 saturated heterocycles. The van der Waals surface area contributed by atoms with Crippen molar-refractivity contribution in [1.82, 2.24) is 9.78 Å². The molecular formula is C9H14N2O3. The first-order valence-electron chi connectivity index (χ1n) is 4.45. The summed E-state index contributed by atoms with van der Waals surface area (Å²) in [4.78, 5) is 10.4. The number of hydrogen-bond donors (Lipinski definition) is 2. The Balaban J connectivity index is 2.83. The number of aliphatic hydroxyl groups excluding tert-OH is 1. The highest BCUT2D eigenvalue weighted by Gasteiger charge is 2.17. The highest BCUT2D eigenvalue weighted by Crippen LogP contribution is 2.18. The number of aliphatic hydroxyl groups is 1. The topological polar surface area (TPSA) is 75.3 Å². The van der Waals surface area contributed by atoms with Crippen LogP contribution < -0.4 is 0 Å². The molecule has 0 radical (unpaired) electrons. The van der Waals surface area contributed by atoms with E-state index >= 15 is 0 Å². The Kier molecular flexibility index (Phi) is 3.24. The quantitative estimate of drug-likeness (QED) is 0.756. The van der Waals surface area contributed by atoms with Gasteiger partial charge in [-0.05, 0) is 19.9 Å². The van der Waals surface area contributed by atoms with Crippen LogP contribution >= 0.6 is 0 Å². The third kappa shape index (κ3) is 2.32. The predicted octanol–water partition coefficient (Wildman–Crippen LogP) is 0.972. The van der Waals surface area contributed by atoms with Crippen LogP contribution in [0.1, 0.15) is 38.1 Å². The van der Waals surface area contributed by atoms with Gasteiger partial charge in [0.25, 0.3) is 0 Å². The van der Waals surface area contributed by atoms with E-state index < -0.39 is 12.1 Å². The molecule has 1 aromatic rings. The molecule has 1 rings (SSSR count). The van der Waals surface area contributed by atoms with E-state index in [-0.39, 0.29) is 12.5 Å². The summed E-state index contributed by atoms with van der Waals surface area (Å²) in [6.07, 6.45) is 0.274. The molecule has 0 aliphatic heterocycles.